The van der Waals surface area contributed by atoms with Gasteiger partial charge in [0.1, 0.15) is 0 Å². The molecule has 0 atom stereocenters. The molecule has 4 heteroatoms. The van der Waals surface area contributed by atoms with E-state index in [-0.39, 0.29) is 12.5 Å². The highest BCUT2D eigenvalue weighted by Gasteiger charge is 2.23. The van der Waals surface area contributed by atoms with E-state index in [1.807, 2.05) is 23.1 Å². The van der Waals surface area contributed by atoms with Crippen molar-refractivity contribution in [3.63, 3.8) is 0 Å². The summed E-state index contributed by atoms with van der Waals surface area (Å²) in [4.78, 5) is 16.4. The van der Waals surface area contributed by atoms with Gasteiger partial charge in [0.05, 0.1) is 6.61 Å². The van der Waals surface area contributed by atoms with Gasteiger partial charge in [0.25, 0.3) is 0 Å². The number of para-hydroxylation sites is 1. The molecule has 0 saturated heterocycles. The number of aliphatic hydroxyl groups is 1. The van der Waals surface area contributed by atoms with E-state index in [0.717, 1.165) is 38.2 Å². The van der Waals surface area contributed by atoms with Crippen molar-refractivity contribution in [2.24, 2.45) is 0 Å². The SMILES string of the molecule is CCCN(CCO)CCC(=O)N1CCc2ccccc21. The molecule has 0 aliphatic carbocycles. The lowest BCUT2D eigenvalue weighted by molar-refractivity contribution is -0.118. The molecule has 1 aliphatic rings. The molecule has 110 valence electrons. The maximum absolute atomic E-state index is 12.4. The largest absolute Gasteiger partial charge is 0.395 e. The smallest absolute Gasteiger partial charge is 0.228 e. The van der Waals surface area contributed by atoms with Gasteiger partial charge in [-0.15, -0.1) is 0 Å². The Hall–Kier alpha value is -1.39. The molecular weight excluding hydrogens is 252 g/mol. The molecule has 1 aromatic carbocycles. The van der Waals surface area contributed by atoms with Crippen molar-refractivity contribution >= 4 is 11.6 Å². The van der Waals surface area contributed by atoms with E-state index < -0.39 is 0 Å². The molecule has 1 N–H and O–H groups in total. The molecule has 20 heavy (non-hydrogen) atoms. The van der Waals surface area contributed by atoms with E-state index in [4.69, 9.17) is 5.11 Å². The number of aliphatic hydroxyl groups excluding tert-OH is 1. The van der Waals surface area contributed by atoms with Crippen molar-refractivity contribution in [3.8, 4) is 0 Å². The third-order valence-electron chi connectivity index (χ3n) is 3.79. The number of carbonyl (C=O) groups is 1. The minimum Gasteiger partial charge on any atom is -0.395 e. The Bertz CT molecular complexity index is 442. The second kappa shape index (κ2) is 7.41. The predicted octanol–water partition coefficient (Wildman–Crippen LogP) is 1.67. The first-order valence-corrected chi connectivity index (χ1v) is 7.47. The van der Waals surface area contributed by atoms with Crippen LogP contribution in [0.15, 0.2) is 24.3 Å². The van der Waals surface area contributed by atoms with Crippen molar-refractivity contribution < 1.29 is 9.90 Å². The number of carbonyl (C=O) groups excluding carboxylic acids is 1. The van der Waals surface area contributed by atoms with Crippen LogP contribution in [0.2, 0.25) is 0 Å². The van der Waals surface area contributed by atoms with Gasteiger partial charge in [0.2, 0.25) is 5.91 Å². The Morgan fingerprint density at radius 3 is 2.85 bits per heavy atom. The van der Waals surface area contributed by atoms with Gasteiger partial charge in [-0.25, -0.2) is 0 Å². The van der Waals surface area contributed by atoms with Crippen LogP contribution in [0.1, 0.15) is 25.3 Å². The van der Waals surface area contributed by atoms with Gasteiger partial charge in [0, 0.05) is 31.7 Å². The van der Waals surface area contributed by atoms with E-state index in [9.17, 15) is 4.79 Å². The van der Waals surface area contributed by atoms with Crippen molar-refractivity contribution in [1.82, 2.24) is 4.90 Å². The Morgan fingerprint density at radius 2 is 2.10 bits per heavy atom. The quantitative estimate of drug-likeness (QED) is 0.824. The minimum absolute atomic E-state index is 0.154. The number of hydrogen-bond acceptors (Lipinski definition) is 3. The third-order valence-corrected chi connectivity index (χ3v) is 3.79. The molecule has 0 fully saturated rings. The fourth-order valence-corrected chi connectivity index (χ4v) is 2.78. The molecule has 4 nitrogen and oxygen atoms in total. The summed E-state index contributed by atoms with van der Waals surface area (Å²) in [5, 5.41) is 9.03. The molecular formula is C16H24N2O2. The second-order valence-electron chi connectivity index (χ2n) is 5.24. The van der Waals surface area contributed by atoms with Crippen molar-refractivity contribution in [3.05, 3.63) is 29.8 Å². The molecule has 0 radical (unpaired) electrons. The minimum atomic E-state index is 0.154. The molecule has 2 rings (SSSR count). The number of benzene rings is 1. The summed E-state index contributed by atoms with van der Waals surface area (Å²) in [5.74, 6) is 0.189. The molecule has 0 spiro atoms. The standard InChI is InChI=1S/C16H24N2O2/c1-2-9-17(12-13-19)10-8-16(20)18-11-7-14-5-3-4-6-15(14)18/h3-6,19H,2,7-13H2,1H3. The summed E-state index contributed by atoms with van der Waals surface area (Å²) in [5.41, 5.74) is 2.34. The van der Waals surface area contributed by atoms with Crippen molar-refractivity contribution in [2.45, 2.75) is 26.2 Å². The maximum atomic E-state index is 12.4. The first kappa shape index (κ1) is 15.0. The Morgan fingerprint density at radius 1 is 1.30 bits per heavy atom. The van der Waals surface area contributed by atoms with Gasteiger partial charge in [0.15, 0.2) is 0 Å². The summed E-state index contributed by atoms with van der Waals surface area (Å²) in [6.45, 7) is 5.38. The van der Waals surface area contributed by atoms with Gasteiger partial charge < -0.3 is 14.9 Å². The van der Waals surface area contributed by atoms with Gasteiger partial charge in [-0.2, -0.15) is 0 Å². The van der Waals surface area contributed by atoms with Crippen LogP contribution >= 0.6 is 0 Å². The summed E-state index contributed by atoms with van der Waals surface area (Å²) in [6.07, 6.45) is 2.52. The first-order valence-electron chi connectivity index (χ1n) is 7.47. The molecule has 1 amide bonds. The number of nitrogens with zero attached hydrogens (tertiary/aromatic N) is 2. The van der Waals surface area contributed by atoms with Crippen molar-refractivity contribution in [1.29, 1.82) is 0 Å². The lowest BCUT2D eigenvalue weighted by atomic mass is 10.2. The van der Waals surface area contributed by atoms with Crippen LogP contribution in [0.3, 0.4) is 0 Å². The summed E-state index contributed by atoms with van der Waals surface area (Å²) >= 11 is 0. The van der Waals surface area contributed by atoms with Crippen LogP contribution in [0, 0.1) is 0 Å². The number of rotatable bonds is 7. The summed E-state index contributed by atoms with van der Waals surface area (Å²) < 4.78 is 0. The number of amides is 1. The monoisotopic (exact) mass is 276 g/mol. The van der Waals surface area contributed by atoms with E-state index in [1.165, 1.54) is 5.56 Å². The van der Waals surface area contributed by atoms with Crippen LogP contribution in [-0.2, 0) is 11.2 Å². The summed E-state index contributed by atoms with van der Waals surface area (Å²) in [6, 6.07) is 8.13. The number of anilines is 1. The zero-order chi connectivity index (χ0) is 14.4. The zero-order valence-electron chi connectivity index (χ0n) is 12.2. The van der Waals surface area contributed by atoms with E-state index in [0.29, 0.717) is 13.0 Å². The molecule has 0 bridgehead atoms. The Kier molecular flexibility index (Phi) is 5.56. The molecule has 0 saturated carbocycles. The lowest BCUT2D eigenvalue weighted by Crippen LogP contribution is -2.35. The maximum Gasteiger partial charge on any atom is 0.228 e. The van der Waals surface area contributed by atoms with Crippen LogP contribution in [-0.4, -0.2) is 48.7 Å². The first-order chi connectivity index (χ1) is 9.76. The fraction of sp³-hybridized carbons (Fsp3) is 0.562. The lowest BCUT2D eigenvalue weighted by Gasteiger charge is -2.22. The number of fused-ring (bicyclic) bond motifs is 1. The normalized spacial score (nSPS) is 13.8. The molecule has 1 heterocycles. The van der Waals surface area contributed by atoms with Crippen molar-refractivity contribution in [2.75, 3.05) is 37.7 Å². The average Bonchev–Trinajstić information content (AvgIpc) is 2.89. The van der Waals surface area contributed by atoms with Gasteiger partial charge in [-0.05, 0) is 31.0 Å². The van der Waals surface area contributed by atoms with E-state index in [1.54, 1.807) is 0 Å². The van der Waals surface area contributed by atoms with Crippen LogP contribution < -0.4 is 4.90 Å². The molecule has 0 unspecified atom stereocenters. The topological polar surface area (TPSA) is 43.8 Å². The van der Waals surface area contributed by atoms with Crippen LogP contribution in [0.4, 0.5) is 5.69 Å². The Labute approximate surface area is 121 Å². The average molecular weight is 276 g/mol. The van der Waals surface area contributed by atoms with Gasteiger partial charge in [-0.1, -0.05) is 25.1 Å². The fourth-order valence-electron chi connectivity index (χ4n) is 2.78. The highest BCUT2D eigenvalue weighted by atomic mass is 16.3. The summed E-state index contributed by atoms with van der Waals surface area (Å²) in [7, 11) is 0. The van der Waals surface area contributed by atoms with Gasteiger partial charge >= 0.3 is 0 Å². The molecule has 0 aromatic heterocycles. The number of hydrogen-bond donors (Lipinski definition) is 1. The highest BCUT2D eigenvalue weighted by molar-refractivity contribution is 5.95. The second-order valence-corrected chi connectivity index (χ2v) is 5.24. The molecule has 1 aromatic rings. The van der Waals surface area contributed by atoms with Crippen LogP contribution in [0.25, 0.3) is 0 Å². The zero-order valence-corrected chi connectivity index (χ0v) is 12.2. The third kappa shape index (κ3) is 3.58. The highest BCUT2D eigenvalue weighted by Crippen LogP contribution is 2.27. The van der Waals surface area contributed by atoms with Crippen LogP contribution in [0.5, 0.6) is 0 Å². The van der Waals surface area contributed by atoms with E-state index in [2.05, 4.69) is 17.9 Å². The van der Waals surface area contributed by atoms with E-state index >= 15 is 0 Å². The van der Waals surface area contributed by atoms with Gasteiger partial charge in [-0.3, -0.25) is 4.79 Å². The molecule has 1 aliphatic heterocycles. The Balaban J connectivity index is 1.89. The predicted molar refractivity (Wildman–Crippen MR) is 80.9 cm³/mol.